The van der Waals surface area contributed by atoms with E-state index in [-0.39, 0.29) is 5.56 Å². The Bertz CT molecular complexity index is 537. The lowest BCUT2D eigenvalue weighted by Gasteiger charge is -2.02. The van der Waals surface area contributed by atoms with Gasteiger partial charge >= 0.3 is 0 Å². The highest BCUT2D eigenvalue weighted by Gasteiger charge is 2.09. The third-order valence-electron chi connectivity index (χ3n) is 1.84. The summed E-state index contributed by atoms with van der Waals surface area (Å²) in [5, 5.41) is 9.47. The Hall–Kier alpha value is -1.93. The van der Waals surface area contributed by atoms with Crippen molar-refractivity contribution in [1.82, 2.24) is 9.97 Å². The molecule has 1 aromatic heterocycles. The minimum Gasteiger partial charge on any atom is -0.260 e. The largest absolute Gasteiger partial charge is 0.260 e. The van der Waals surface area contributed by atoms with Crippen molar-refractivity contribution < 1.29 is 4.39 Å². The maximum atomic E-state index is 13.3. The van der Waals surface area contributed by atoms with Crippen LogP contribution in [0.4, 0.5) is 4.39 Å². The zero-order valence-corrected chi connectivity index (χ0v) is 8.91. The molecule has 0 amide bonds. The van der Waals surface area contributed by atoms with Crippen molar-refractivity contribution in [3.05, 3.63) is 48.2 Å². The number of nitrogens with zero attached hydrogens (tertiary/aromatic N) is 3. The highest BCUT2D eigenvalue weighted by molar-refractivity contribution is 7.99. The van der Waals surface area contributed by atoms with E-state index in [1.165, 1.54) is 17.8 Å². The molecule has 5 heteroatoms. The molecule has 0 N–H and O–H groups in total. The van der Waals surface area contributed by atoms with Crippen LogP contribution in [-0.2, 0) is 0 Å². The highest BCUT2D eigenvalue weighted by Crippen LogP contribution is 2.29. The SMILES string of the molecule is N#Cc1c(F)cccc1Sc1cnccn1. The third kappa shape index (κ3) is 2.18. The van der Waals surface area contributed by atoms with E-state index in [2.05, 4.69) is 9.97 Å². The van der Waals surface area contributed by atoms with Crippen LogP contribution >= 0.6 is 11.8 Å². The summed E-state index contributed by atoms with van der Waals surface area (Å²) in [5.74, 6) is -0.517. The molecule has 2 aromatic rings. The van der Waals surface area contributed by atoms with Crippen LogP contribution in [0.5, 0.6) is 0 Å². The number of halogens is 1. The van der Waals surface area contributed by atoms with Crippen LogP contribution in [0.1, 0.15) is 5.56 Å². The Morgan fingerprint density at radius 2 is 2.19 bits per heavy atom. The second-order valence-corrected chi connectivity index (χ2v) is 3.93. The first-order chi connectivity index (χ1) is 7.81. The summed E-state index contributed by atoms with van der Waals surface area (Å²) in [6, 6.07) is 6.35. The predicted octanol–water partition coefficient (Wildman–Crippen LogP) is 2.64. The maximum absolute atomic E-state index is 13.3. The summed E-state index contributed by atoms with van der Waals surface area (Å²) in [7, 11) is 0. The monoisotopic (exact) mass is 231 g/mol. The number of nitriles is 1. The topological polar surface area (TPSA) is 49.6 Å². The molecule has 0 aliphatic heterocycles. The summed E-state index contributed by atoms with van der Waals surface area (Å²) < 4.78 is 13.3. The fraction of sp³-hybridized carbons (Fsp3) is 0. The molecule has 0 bridgehead atoms. The van der Waals surface area contributed by atoms with E-state index in [9.17, 15) is 4.39 Å². The van der Waals surface area contributed by atoms with E-state index in [0.29, 0.717) is 9.92 Å². The standard InChI is InChI=1S/C11H6FN3S/c12-9-2-1-3-10(8(9)6-13)16-11-7-14-4-5-15-11/h1-5,7H. The number of benzene rings is 1. The molecule has 3 nitrogen and oxygen atoms in total. The maximum Gasteiger partial charge on any atom is 0.142 e. The Kier molecular flexibility index (Phi) is 3.13. The molecule has 0 radical (unpaired) electrons. The quantitative estimate of drug-likeness (QED) is 0.797. The van der Waals surface area contributed by atoms with Gasteiger partial charge in [-0.25, -0.2) is 9.37 Å². The average molecular weight is 231 g/mol. The zero-order chi connectivity index (χ0) is 11.4. The van der Waals surface area contributed by atoms with Crippen molar-refractivity contribution in [3.63, 3.8) is 0 Å². The molecule has 0 fully saturated rings. The van der Waals surface area contributed by atoms with E-state index in [1.54, 1.807) is 30.7 Å². The molecule has 0 spiro atoms. The second kappa shape index (κ2) is 4.73. The molecule has 0 saturated carbocycles. The smallest absolute Gasteiger partial charge is 0.142 e. The third-order valence-corrected chi connectivity index (χ3v) is 2.82. The molecular formula is C11H6FN3S. The Morgan fingerprint density at radius 3 is 2.88 bits per heavy atom. The number of hydrogen-bond donors (Lipinski definition) is 0. The van der Waals surface area contributed by atoms with Gasteiger partial charge < -0.3 is 0 Å². The molecule has 0 aliphatic rings. The summed E-state index contributed by atoms with van der Waals surface area (Å²) in [4.78, 5) is 8.49. The minimum atomic E-state index is -0.517. The molecule has 0 atom stereocenters. The molecule has 2 rings (SSSR count). The first kappa shape index (κ1) is 10.6. The van der Waals surface area contributed by atoms with E-state index >= 15 is 0 Å². The lowest BCUT2D eigenvalue weighted by molar-refractivity contribution is 0.620. The molecule has 1 aromatic carbocycles. The van der Waals surface area contributed by atoms with Crippen LogP contribution < -0.4 is 0 Å². The summed E-state index contributed by atoms with van der Waals surface area (Å²) in [5.41, 5.74) is 0.0400. The average Bonchev–Trinajstić information content (AvgIpc) is 2.31. The first-order valence-electron chi connectivity index (χ1n) is 4.44. The van der Waals surface area contributed by atoms with Gasteiger partial charge in [0.2, 0.25) is 0 Å². The zero-order valence-electron chi connectivity index (χ0n) is 8.09. The predicted molar refractivity (Wildman–Crippen MR) is 57.3 cm³/mol. The lowest BCUT2D eigenvalue weighted by atomic mass is 10.2. The van der Waals surface area contributed by atoms with Crippen LogP contribution in [0.3, 0.4) is 0 Å². The van der Waals surface area contributed by atoms with Gasteiger partial charge in [0.15, 0.2) is 0 Å². The van der Waals surface area contributed by atoms with Gasteiger partial charge in [-0.15, -0.1) is 0 Å². The van der Waals surface area contributed by atoms with Crippen molar-refractivity contribution in [3.8, 4) is 6.07 Å². The van der Waals surface area contributed by atoms with Gasteiger partial charge in [-0.05, 0) is 12.1 Å². The number of rotatable bonds is 2. The first-order valence-corrected chi connectivity index (χ1v) is 5.25. The Morgan fingerprint density at radius 1 is 1.31 bits per heavy atom. The van der Waals surface area contributed by atoms with Gasteiger partial charge in [0.25, 0.3) is 0 Å². The van der Waals surface area contributed by atoms with E-state index < -0.39 is 5.82 Å². The van der Waals surface area contributed by atoms with Gasteiger partial charge in [0, 0.05) is 17.3 Å². The molecule has 78 valence electrons. The van der Waals surface area contributed by atoms with Crippen molar-refractivity contribution in [2.24, 2.45) is 0 Å². The van der Waals surface area contributed by atoms with Crippen molar-refractivity contribution >= 4 is 11.8 Å². The Labute approximate surface area is 96.0 Å². The van der Waals surface area contributed by atoms with E-state index in [1.807, 2.05) is 6.07 Å². The van der Waals surface area contributed by atoms with Crippen molar-refractivity contribution in [2.45, 2.75) is 9.92 Å². The van der Waals surface area contributed by atoms with Crippen LogP contribution in [-0.4, -0.2) is 9.97 Å². The summed E-state index contributed by atoms with van der Waals surface area (Å²) >= 11 is 1.22. The molecule has 0 unspecified atom stereocenters. The summed E-state index contributed by atoms with van der Waals surface area (Å²) in [6.07, 6.45) is 4.67. The van der Waals surface area contributed by atoms with E-state index in [0.717, 1.165) is 0 Å². The van der Waals surface area contributed by atoms with Crippen molar-refractivity contribution in [1.29, 1.82) is 5.26 Å². The van der Waals surface area contributed by atoms with Gasteiger partial charge in [-0.1, -0.05) is 17.8 Å². The molecular weight excluding hydrogens is 225 g/mol. The number of aromatic nitrogens is 2. The van der Waals surface area contributed by atoms with Crippen LogP contribution in [0, 0.1) is 17.1 Å². The minimum absolute atomic E-state index is 0.0400. The molecule has 16 heavy (non-hydrogen) atoms. The number of hydrogen-bond acceptors (Lipinski definition) is 4. The highest BCUT2D eigenvalue weighted by atomic mass is 32.2. The normalized spacial score (nSPS) is 9.75. The fourth-order valence-electron chi connectivity index (χ4n) is 1.15. The van der Waals surface area contributed by atoms with Crippen LogP contribution in [0.25, 0.3) is 0 Å². The van der Waals surface area contributed by atoms with Crippen LogP contribution in [0.2, 0.25) is 0 Å². The van der Waals surface area contributed by atoms with Gasteiger partial charge in [0.1, 0.15) is 22.5 Å². The van der Waals surface area contributed by atoms with Gasteiger partial charge in [-0.2, -0.15) is 5.26 Å². The molecule has 1 heterocycles. The van der Waals surface area contributed by atoms with Crippen LogP contribution in [0.15, 0.2) is 46.7 Å². The fourth-order valence-corrected chi connectivity index (χ4v) is 1.99. The molecule has 0 saturated heterocycles. The summed E-state index contributed by atoms with van der Waals surface area (Å²) in [6.45, 7) is 0. The van der Waals surface area contributed by atoms with E-state index in [4.69, 9.17) is 5.26 Å². The lowest BCUT2D eigenvalue weighted by Crippen LogP contribution is -1.88. The van der Waals surface area contributed by atoms with Gasteiger partial charge in [-0.3, -0.25) is 4.98 Å². The van der Waals surface area contributed by atoms with Gasteiger partial charge in [0.05, 0.1) is 6.20 Å². The van der Waals surface area contributed by atoms with Crippen molar-refractivity contribution in [2.75, 3.05) is 0 Å². The Balaban J connectivity index is 2.36. The second-order valence-electron chi connectivity index (χ2n) is 2.87. The molecule has 0 aliphatic carbocycles.